The molecule has 2 N–H and O–H groups in total. The molecule has 0 aliphatic carbocycles. The Hall–Kier alpha value is -5.26. The topological polar surface area (TPSA) is 155 Å². The molecule has 242 valence electrons. The number of hydrogen-bond donors (Lipinski definition) is 2. The number of ether oxygens (including phenoxy) is 2. The first-order valence-electron chi connectivity index (χ1n) is 14.7. The molecule has 12 nitrogen and oxygen atoms in total. The Kier molecular flexibility index (Phi) is 9.79. The predicted molar refractivity (Wildman–Crippen MR) is 168 cm³/mol. The molecule has 2 aromatic carbocycles. The first-order valence-corrected chi connectivity index (χ1v) is 14.7. The molecule has 1 aliphatic rings. The van der Waals surface area contributed by atoms with E-state index in [-0.39, 0.29) is 12.2 Å². The highest BCUT2D eigenvalue weighted by Gasteiger charge is 2.55. The lowest BCUT2D eigenvalue weighted by atomic mass is 9.82. The summed E-state index contributed by atoms with van der Waals surface area (Å²) in [5.41, 5.74) is 0.0285. The highest BCUT2D eigenvalue weighted by atomic mass is 16.6. The lowest BCUT2D eigenvalue weighted by molar-refractivity contribution is -0.165. The molecular weight excluding hydrogens is 592 g/mol. The summed E-state index contributed by atoms with van der Waals surface area (Å²) in [7, 11) is 0. The van der Waals surface area contributed by atoms with Crippen molar-refractivity contribution in [2.75, 3.05) is 4.90 Å². The van der Waals surface area contributed by atoms with Crippen molar-refractivity contribution in [1.29, 1.82) is 0 Å². The number of nitrogens with one attached hydrogen (secondary N) is 1. The van der Waals surface area contributed by atoms with Crippen LogP contribution in [0.4, 0.5) is 20.2 Å². The van der Waals surface area contributed by atoms with E-state index >= 15 is 0 Å². The Morgan fingerprint density at radius 3 is 1.83 bits per heavy atom. The number of rotatable bonds is 7. The first-order chi connectivity index (χ1) is 21.6. The third-order valence-electron chi connectivity index (χ3n) is 6.87. The summed E-state index contributed by atoms with van der Waals surface area (Å²) in [5.74, 6) is -3.27. The van der Waals surface area contributed by atoms with Crippen LogP contribution in [0.5, 0.6) is 0 Å². The molecule has 0 bridgehead atoms. The Balaban J connectivity index is 1.57. The number of aromatic nitrogens is 1. The van der Waals surface area contributed by atoms with Crippen molar-refractivity contribution < 1.29 is 38.6 Å². The molecule has 1 aliphatic heterocycles. The van der Waals surface area contributed by atoms with E-state index in [0.717, 1.165) is 11.1 Å². The number of anilines is 1. The van der Waals surface area contributed by atoms with Gasteiger partial charge >= 0.3 is 24.2 Å². The Morgan fingerprint density at radius 2 is 1.37 bits per heavy atom. The molecule has 1 aromatic heterocycles. The molecule has 1 fully saturated rings. The van der Waals surface area contributed by atoms with Crippen LogP contribution in [0, 0.1) is 5.92 Å². The van der Waals surface area contributed by atoms with Gasteiger partial charge in [-0.3, -0.25) is 4.79 Å². The van der Waals surface area contributed by atoms with Gasteiger partial charge in [0, 0.05) is 6.20 Å². The normalized spacial score (nSPS) is 16.3. The molecule has 3 aromatic rings. The molecule has 0 radical (unpaired) electrons. The molecule has 46 heavy (non-hydrogen) atoms. The smallest absolute Gasteiger partial charge is 0.425 e. The molecule has 5 amide bonds. The number of benzene rings is 2. The van der Waals surface area contributed by atoms with Crippen LogP contribution in [0.2, 0.25) is 0 Å². The number of carbonyl (C=O) groups excluding carboxylic acids is 4. The second kappa shape index (κ2) is 13.4. The largest absolute Gasteiger partial charge is 0.480 e. The SMILES string of the molecule is CC(C)(C)OC(=O)N(C(=O)OC(C)(C)C)c1cc(CC2C(=O)N(C(=O)NC(c3ccccc3)c3ccccc3)C2C(=O)O)ccn1. The van der Waals surface area contributed by atoms with E-state index in [1.54, 1.807) is 41.5 Å². The van der Waals surface area contributed by atoms with Gasteiger partial charge in [0.1, 0.15) is 17.0 Å². The lowest BCUT2D eigenvalue weighted by Crippen LogP contribution is -2.68. The number of carboxylic acids is 1. The highest BCUT2D eigenvalue weighted by Crippen LogP contribution is 2.33. The zero-order valence-electron chi connectivity index (χ0n) is 26.6. The van der Waals surface area contributed by atoms with E-state index in [4.69, 9.17) is 9.47 Å². The standard InChI is InChI=1S/C34H38N4O8/c1-33(2,3)45-31(43)37(32(44)46-34(4,5)6)25-20-21(17-18-35-25)19-24-27(29(40)41)38(28(24)39)30(42)36-26(22-13-9-7-10-14-22)23-15-11-8-12-16-23/h7-18,20,24,26-27H,19H2,1-6H3,(H,36,42)(H,40,41). The number of urea groups is 1. The average Bonchev–Trinajstić information content (AvgIpc) is 2.96. The zero-order chi connectivity index (χ0) is 33.8. The summed E-state index contributed by atoms with van der Waals surface area (Å²) in [5, 5.41) is 12.9. The van der Waals surface area contributed by atoms with Gasteiger partial charge in [-0.15, -0.1) is 0 Å². The number of hydrogen-bond acceptors (Lipinski definition) is 8. The second-order valence-corrected chi connectivity index (χ2v) is 12.8. The third-order valence-corrected chi connectivity index (χ3v) is 6.87. The summed E-state index contributed by atoms with van der Waals surface area (Å²) in [6.07, 6.45) is -0.834. The molecule has 1 saturated heterocycles. The number of amides is 5. The monoisotopic (exact) mass is 630 g/mol. The van der Waals surface area contributed by atoms with Crippen molar-refractivity contribution in [3.8, 4) is 0 Å². The van der Waals surface area contributed by atoms with Gasteiger partial charge in [0.2, 0.25) is 5.91 Å². The van der Waals surface area contributed by atoms with Crippen LogP contribution in [0.25, 0.3) is 0 Å². The van der Waals surface area contributed by atoms with E-state index in [2.05, 4.69) is 10.3 Å². The Morgan fingerprint density at radius 1 is 0.870 bits per heavy atom. The molecule has 2 atom stereocenters. The van der Waals surface area contributed by atoms with Crippen molar-refractivity contribution in [3.05, 3.63) is 95.7 Å². The molecular formula is C34H38N4O8. The summed E-state index contributed by atoms with van der Waals surface area (Å²) in [4.78, 5) is 70.8. The summed E-state index contributed by atoms with van der Waals surface area (Å²) < 4.78 is 10.8. The maximum atomic E-state index is 13.4. The molecule has 2 unspecified atom stereocenters. The van der Waals surface area contributed by atoms with Crippen molar-refractivity contribution in [2.24, 2.45) is 5.92 Å². The minimum Gasteiger partial charge on any atom is -0.480 e. The van der Waals surface area contributed by atoms with Crippen LogP contribution in [0.1, 0.15) is 64.3 Å². The summed E-state index contributed by atoms with van der Waals surface area (Å²) >= 11 is 0. The van der Waals surface area contributed by atoms with Gasteiger partial charge in [-0.05, 0) is 76.8 Å². The van der Waals surface area contributed by atoms with Gasteiger partial charge in [0.25, 0.3) is 0 Å². The fourth-order valence-corrected chi connectivity index (χ4v) is 4.94. The van der Waals surface area contributed by atoms with Crippen molar-refractivity contribution in [3.63, 3.8) is 0 Å². The molecule has 2 heterocycles. The van der Waals surface area contributed by atoms with E-state index < -0.39 is 59.3 Å². The van der Waals surface area contributed by atoms with Crippen LogP contribution in [0.3, 0.4) is 0 Å². The van der Waals surface area contributed by atoms with Crippen LogP contribution >= 0.6 is 0 Å². The predicted octanol–water partition coefficient (Wildman–Crippen LogP) is 5.71. The van der Waals surface area contributed by atoms with Gasteiger partial charge < -0.3 is 19.9 Å². The summed E-state index contributed by atoms with van der Waals surface area (Å²) in [6, 6.07) is 18.2. The number of carbonyl (C=O) groups is 5. The molecule has 0 saturated carbocycles. The number of imide groups is 2. The van der Waals surface area contributed by atoms with Crippen LogP contribution < -0.4 is 10.2 Å². The molecule has 12 heteroatoms. The number of carboxylic acid groups (broad SMARTS) is 1. The molecule has 4 rings (SSSR count). The molecule has 0 spiro atoms. The Bertz CT molecular complexity index is 1530. The minimum atomic E-state index is -1.45. The highest BCUT2D eigenvalue weighted by molar-refractivity contribution is 6.09. The van der Waals surface area contributed by atoms with Crippen LogP contribution in [-0.4, -0.2) is 62.3 Å². The Labute approximate surface area is 267 Å². The quantitative estimate of drug-likeness (QED) is 0.312. The maximum absolute atomic E-state index is 13.4. The van der Waals surface area contributed by atoms with Gasteiger partial charge in [0.05, 0.1) is 12.0 Å². The van der Waals surface area contributed by atoms with Crippen LogP contribution in [-0.2, 0) is 25.5 Å². The zero-order valence-corrected chi connectivity index (χ0v) is 26.6. The third kappa shape index (κ3) is 8.06. The fraction of sp³-hybridized carbons (Fsp3) is 0.353. The van der Waals surface area contributed by atoms with E-state index in [0.29, 0.717) is 15.4 Å². The number of β-lactam (4-membered cyclic amide) rings is 1. The number of nitrogens with zero attached hydrogens (tertiary/aromatic N) is 3. The average molecular weight is 631 g/mol. The van der Waals surface area contributed by atoms with E-state index in [1.807, 2.05) is 60.7 Å². The lowest BCUT2D eigenvalue weighted by Gasteiger charge is -2.43. The number of pyridine rings is 1. The van der Waals surface area contributed by atoms with Gasteiger partial charge in [-0.2, -0.15) is 4.90 Å². The summed E-state index contributed by atoms with van der Waals surface area (Å²) in [6.45, 7) is 9.83. The number of aliphatic carboxylic acids is 1. The van der Waals surface area contributed by atoms with Gasteiger partial charge in [-0.25, -0.2) is 29.1 Å². The van der Waals surface area contributed by atoms with Gasteiger partial charge in [-0.1, -0.05) is 60.7 Å². The second-order valence-electron chi connectivity index (χ2n) is 12.8. The van der Waals surface area contributed by atoms with E-state index in [1.165, 1.54) is 18.3 Å². The van der Waals surface area contributed by atoms with Crippen molar-refractivity contribution in [1.82, 2.24) is 15.2 Å². The fourth-order valence-electron chi connectivity index (χ4n) is 4.94. The minimum absolute atomic E-state index is 0.105. The van der Waals surface area contributed by atoms with E-state index in [9.17, 15) is 29.1 Å². The van der Waals surface area contributed by atoms with Crippen molar-refractivity contribution >= 4 is 35.9 Å². The van der Waals surface area contributed by atoms with Gasteiger partial charge in [0.15, 0.2) is 6.04 Å². The maximum Gasteiger partial charge on any atom is 0.425 e. The number of likely N-dealkylation sites (tertiary alicyclic amines) is 1. The first kappa shape index (κ1) is 33.6. The van der Waals surface area contributed by atoms with Crippen LogP contribution in [0.15, 0.2) is 79.0 Å². The van der Waals surface area contributed by atoms with Crippen molar-refractivity contribution in [2.45, 2.75) is 71.2 Å².